The number of hydrogen-bond donors (Lipinski definition) is 2. The van der Waals surface area contributed by atoms with Crippen LogP contribution in [0.25, 0.3) is 0 Å². The monoisotopic (exact) mass is 578 g/mol. The summed E-state index contributed by atoms with van der Waals surface area (Å²) in [6, 6.07) is 4.38. The van der Waals surface area contributed by atoms with Gasteiger partial charge >= 0.3 is 5.97 Å². The van der Waals surface area contributed by atoms with E-state index >= 15 is 0 Å². The highest BCUT2D eigenvalue weighted by atomic mass is 79.9. The normalized spacial score (nSPS) is 31.6. The lowest BCUT2D eigenvalue weighted by atomic mass is 9.71. The summed E-state index contributed by atoms with van der Waals surface area (Å²) in [6.07, 6.45) is 2.71. The molecule has 0 aliphatic carbocycles. The van der Waals surface area contributed by atoms with Gasteiger partial charge in [-0.25, -0.2) is 0 Å². The molecule has 0 aromatic heterocycles. The topological polar surface area (TPSA) is 98.2 Å². The van der Waals surface area contributed by atoms with Crippen LogP contribution in [0.5, 0.6) is 0 Å². The Labute approximate surface area is 225 Å². The second kappa shape index (κ2) is 10.1. The van der Waals surface area contributed by atoms with E-state index in [1.807, 2.05) is 45.9 Å². The summed E-state index contributed by atoms with van der Waals surface area (Å²) in [6.45, 7) is 11.8. The van der Waals surface area contributed by atoms with Gasteiger partial charge in [-0.05, 0) is 43.7 Å². The molecule has 0 radical (unpaired) electrons. The number of alkyl halides is 1. The molecule has 1 spiro atoms. The second-order valence-corrected chi connectivity index (χ2v) is 13.4. The van der Waals surface area contributed by atoms with Gasteiger partial charge in [0.25, 0.3) is 5.91 Å². The van der Waals surface area contributed by atoms with Crippen molar-refractivity contribution in [1.82, 2.24) is 4.90 Å². The number of rotatable bonds is 9. The molecule has 0 saturated carbocycles. The van der Waals surface area contributed by atoms with E-state index in [-0.39, 0.29) is 41.0 Å². The molecule has 2 amide bonds. The van der Waals surface area contributed by atoms with Gasteiger partial charge in [-0.15, -0.1) is 18.3 Å². The third kappa shape index (κ3) is 4.11. The Kier molecular flexibility index (Phi) is 7.66. The molecule has 2 N–H and O–H groups in total. The van der Waals surface area contributed by atoms with Gasteiger partial charge in [-0.3, -0.25) is 14.4 Å². The van der Waals surface area contributed by atoms with E-state index < -0.39 is 34.6 Å². The van der Waals surface area contributed by atoms with Crippen LogP contribution in [0.2, 0.25) is 0 Å². The summed E-state index contributed by atoms with van der Waals surface area (Å²) in [5, 5.41) is 20.2. The molecule has 2 bridgehead atoms. The number of aliphatic hydroxyl groups excluding tert-OH is 1. The average molecular weight is 580 g/mol. The molecule has 3 unspecified atom stereocenters. The van der Waals surface area contributed by atoms with Crippen LogP contribution in [-0.2, 0) is 14.4 Å². The Morgan fingerprint density at radius 2 is 1.97 bits per heavy atom. The number of aliphatic hydroxyl groups is 1. The minimum atomic E-state index is -1.01. The van der Waals surface area contributed by atoms with Crippen LogP contribution >= 0.6 is 27.7 Å². The molecule has 7 nitrogen and oxygen atoms in total. The standard InChI is InChI=1S/C27H35BrN2O5S/c1-6-10-29(21-15(4)8-7-9-16(21)5)25(33)23-27-12-18(28)22(36-27)19(26(34)35)20(27)24(32)30(23)17(13-31)11-14(2)3/h6-9,14,17-20,22-23,31H,1,10-13H2,2-5H3,(H,34,35)/t17-,18?,19+,20+,22+,23?,27?/m1/s1. The van der Waals surface area contributed by atoms with Crippen molar-refractivity contribution in [2.24, 2.45) is 17.8 Å². The predicted octanol–water partition coefficient (Wildman–Crippen LogP) is 3.78. The lowest BCUT2D eigenvalue weighted by Crippen LogP contribution is -2.58. The molecular formula is C27H35BrN2O5S. The van der Waals surface area contributed by atoms with Crippen LogP contribution in [0.3, 0.4) is 0 Å². The van der Waals surface area contributed by atoms with Gasteiger partial charge in [0.15, 0.2) is 0 Å². The molecule has 1 aromatic carbocycles. The Hall–Kier alpha value is -1.84. The van der Waals surface area contributed by atoms with Crippen molar-refractivity contribution in [3.8, 4) is 0 Å². The van der Waals surface area contributed by atoms with Gasteiger partial charge in [0.2, 0.25) is 5.91 Å². The summed E-state index contributed by atoms with van der Waals surface area (Å²) in [4.78, 5) is 44.2. The maximum absolute atomic E-state index is 14.6. The van der Waals surface area contributed by atoms with Crippen LogP contribution in [0.1, 0.15) is 37.8 Å². The van der Waals surface area contributed by atoms with Crippen LogP contribution in [0.4, 0.5) is 5.69 Å². The van der Waals surface area contributed by atoms with Gasteiger partial charge in [-0.2, -0.15) is 0 Å². The fourth-order valence-corrected chi connectivity index (χ4v) is 10.2. The number of nitrogens with zero attached hydrogens (tertiary/aromatic N) is 2. The van der Waals surface area contributed by atoms with E-state index in [4.69, 9.17) is 0 Å². The highest BCUT2D eigenvalue weighted by Crippen LogP contribution is 2.68. The zero-order valence-electron chi connectivity index (χ0n) is 21.2. The smallest absolute Gasteiger partial charge is 0.308 e. The number of anilines is 1. The number of aliphatic carboxylic acids is 1. The molecule has 4 rings (SSSR count). The van der Waals surface area contributed by atoms with Gasteiger partial charge < -0.3 is 20.0 Å². The molecule has 36 heavy (non-hydrogen) atoms. The first-order valence-corrected chi connectivity index (χ1v) is 14.3. The number of thioether (sulfide) groups is 1. The molecule has 196 valence electrons. The van der Waals surface area contributed by atoms with Crippen molar-refractivity contribution in [3.05, 3.63) is 42.0 Å². The Balaban J connectivity index is 1.89. The van der Waals surface area contributed by atoms with Crippen molar-refractivity contribution in [2.45, 2.75) is 67.4 Å². The van der Waals surface area contributed by atoms with Crippen molar-refractivity contribution in [1.29, 1.82) is 0 Å². The van der Waals surface area contributed by atoms with Crippen molar-refractivity contribution < 1.29 is 24.6 Å². The van der Waals surface area contributed by atoms with Crippen LogP contribution in [-0.4, -0.2) is 73.0 Å². The van der Waals surface area contributed by atoms with E-state index in [0.29, 0.717) is 12.8 Å². The second-order valence-electron chi connectivity index (χ2n) is 10.7. The van der Waals surface area contributed by atoms with Gasteiger partial charge in [0.1, 0.15) is 6.04 Å². The summed E-state index contributed by atoms with van der Waals surface area (Å²) in [7, 11) is 0. The van der Waals surface area contributed by atoms with E-state index in [1.54, 1.807) is 15.9 Å². The van der Waals surface area contributed by atoms with Gasteiger partial charge in [0, 0.05) is 22.3 Å². The minimum Gasteiger partial charge on any atom is -0.481 e. The number of hydrogen-bond acceptors (Lipinski definition) is 5. The van der Waals surface area contributed by atoms with E-state index in [2.05, 4.69) is 22.5 Å². The molecule has 9 heteroatoms. The number of carbonyl (C=O) groups excluding carboxylic acids is 2. The Morgan fingerprint density at radius 3 is 2.50 bits per heavy atom. The molecule has 3 aliphatic rings. The molecular weight excluding hydrogens is 544 g/mol. The van der Waals surface area contributed by atoms with E-state index in [9.17, 15) is 24.6 Å². The number of benzene rings is 1. The SMILES string of the molecule is C=CCN(C(=O)C1N([C@@H](CO)CC(C)C)C(=O)[C@@H]2[C@H](C(=O)O)[C@H]3SC12CC3Br)c1c(C)cccc1C. The lowest BCUT2D eigenvalue weighted by molar-refractivity contribution is -0.149. The largest absolute Gasteiger partial charge is 0.481 e. The van der Waals surface area contributed by atoms with Crippen molar-refractivity contribution in [2.75, 3.05) is 18.1 Å². The fourth-order valence-electron chi connectivity index (χ4n) is 6.64. The van der Waals surface area contributed by atoms with Crippen LogP contribution < -0.4 is 4.90 Å². The first-order chi connectivity index (χ1) is 17.0. The Bertz CT molecular complexity index is 1060. The van der Waals surface area contributed by atoms with Crippen molar-refractivity contribution >= 4 is 51.2 Å². The first-order valence-electron chi connectivity index (χ1n) is 12.5. The predicted molar refractivity (Wildman–Crippen MR) is 145 cm³/mol. The molecule has 1 aromatic rings. The number of fused-ring (bicyclic) bond motifs is 1. The summed E-state index contributed by atoms with van der Waals surface area (Å²) < 4.78 is -0.879. The maximum Gasteiger partial charge on any atom is 0.308 e. The zero-order valence-corrected chi connectivity index (χ0v) is 23.6. The summed E-state index contributed by atoms with van der Waals surface area (Å²) in [5.41, 5.74) is 2.64. The number of carboxylic acids is 1. The maximum atomic E-state index is 14.6. The molecule has 7 atom stereocenters. The van der Waals surface area contributed by atoms with Crippen LogP contribution in [0, 0.1) is 31.6 Å². The fraction of sp³-hybridized carbons (Fsp3) is 0.593. The van der Waals surface area contributed by atoms with E-state index in [1.165, 1.54) is 11.8 Å². The van der Waals surface area contributed by atoms with Crippen LogP contribution in [0.15, 0.2) is 30.9 Å². The number of carboxylic acid groups (broad SMARTS) is 1. The highest BCUT2D eigenvalue weighted by molar-refractivity contribution is 9.09. The van der Waals surface area contributed by atoms with E-state index in [0.717, 1.165) is 16.8 Å². The number of carbonyl (C=O) groups is 3. The molecule has 3 saturated heterocycles. The minimum absolute atomic E-state index is 0.117. The number of aryl methyl sites for hydroxylation is 2. The third-order valence-electron chi connectivity index (χ3n) is 7.88. The number of likely N-dealkylation sites (tertiary alicyclic amines) is 1. The average Bonchev–Trinajstić information content (AvgIpc) is 3.39. The Morgan fingerprint density at radius 1 is 1.33 bits per heavy atom. The summed E-state index contributed by atoms with van der Waals surface area (Å²) in [5.74, 6) is -3.09. The van der Waals surface area contributed by atoms with Gasteiger partial charge in [-0.1, -0.05) is 54.1 Å². The zero-order chi connectivity index (χ0) is 26.5. The molecule has 3 fully saturated rings. The first kappa shape index (κ1) is 27.2. The lowest BCUT2D eigenvalue weighted by Gasteiger charge is -2.40. The highest BCUT2D eigenvalue weighted by Gasteiger charge is 2.76. The number of halogens is 1. The molecule has 3 aliphatic heterocycles. The quantitative estimate of drug-likeness (QED) is 0.342. The van der Waals surface area contributed by atoms with Crippen molar-refractivity contribution in [3.63, 3.8) is 0 Å². The molecule has 3 heterocycles. The summed E-state index contributed by atoms with van der Waals surface area (Å²) >= 11 is 5.16. The number of para-hydroxylation sites is 1. The third-order valence-corrected chi connectivity index (χ3v) is 11.1. The van der Waals surface area contributed by atoms with Gasteiger partial charge in [0.05, 0.1) is 29.2 Å². The number of amides is 2.